The Hall–Kier alpha value is -2.27. The van der Waals surface area contributed by atoms with Gasteiger partial charge in [-0.05, 0) is 36.1 Å². The standard InChI is InChI=1S/C22H24N2O2S/c1-2-6-16-9-11-18(12-10-16)23-21(26)19-15-27-22(14-13-20(25)24(19)22)17-7-4-3-5-8-17/h3-5,7-12,19H,2,6,13-15H2,1H3,(H,23,26). The molecule has 4 nitrogen and oxygen atoms in total. The quantitative estimate of drug-likeness (QED) is 0.847. The van der Waals surface area contributed by atoms with Gasteiger partial charge in [-0.25, -0.2) is 0 Å². The van der Waals surface area contributed by atoms with Crippen LogP contribution in [0.2, 0.25) is 0 Å². The van der Waals surface area contributed by atoms with Crippen molar-refractivity contribution in [2.45, 2.75) is 43.5 Å². The molecule has 2 aromatic carbocycles. The summed E-state index contributed by atoms with van der Waals surface area (Å²) in [6.07, 6.45) is 3.40. The number of hydrogen-bond donors (Lipinski definition) is 1. The summed E-state index contributed by atoms with van der Waals surface area (Å²) in [5, 5.41) is 3.01. The fourth-order valence-electron chi connectivity index (χ4n) is 4.10. The Morgan fingerprint density at radius 1 is 1.19 bits per heavy atom. The number of rotatable bonds is 5. The Labute approximate surface area is 164 Å². The third-order valence-electron chi connectivity index (χ3n) is 5.41. The zero-order valence-corrected chi connectivity index (χ0v) is 16.3. The minimum absolute atomic E-state index is 0.0716. The highest BCUT2D eigenvalue weighted by Gasteiger charge is 2.56. The van der Waals surface area contributed by atoms with Gasteiger partial charge in [-0.3, -0.25) is 9.59 Å². The lowest BCUT2D eigenvalue weighted by Crippen LogP contribution is -2.48. The molecule has 2 atom stereocenters. The molecule has 0 saturated carbocycles. The maximum Gasteiger partial charge on any atom is 0.248 e. The fraction of sp³-hybridized carbons (Fsp3) is 0.364. The predicted molar refractivity (Wildman–Crippen MR) is 110 cm³/mol. The van der Waals surface area contributed by atoms with E-state index in [2.05, 4.69) is 36.5 Å². The molecular weight excluding hydrogens is 356 g/mol. The van der Waals surface area contributed by atoms with Crippen molar-refractivity contribution >= 4 is 29.3 Å². The van der Waals surface area contributed by atoms with E-state index in [0.717, 1.165) is 30.5 Å². The summed E-state index contributed by atoms with van der Waals surface area (Å²) >= 11 is 1.72. The van der Waals surface area contributed by atoms with Crippen molar-refractivity contribution in [2.24, 2.45) is 0 Å². The van der Waals surface area contributed by atoms with E-state index in [1.807, 2.05) is 35.2 Å². The van der Waals surface area contributed by atoms with Crippen LogP contribution in [-0.4, -0.2) is 28.5 Å². The van der Waals surface area contributed by atoms with E-state index in [1.165, 1.54) is 5.56 Å². The molecule has 140 valence electrons. The Morgan fingerprint density at radius 2 is 1.93 bits per heavy atom. The zero-order valence-electron chi connectivity index (χ0n) is 15.5. The van der Waals surface area contributed by atoms with Crippen LogP contribution < -0.4 is 5.32 Å². The van der Waals surface area contributed by atoms with Crippen LogP contribution in [0.4, 0.5) is 5.69 Å². The molecule has 2 heterocycles. The number of carbonyl (C=O) groups is 2. The van der Waals surface area contributed by atoms with Crippen LogP contribution in [0.5, 0.6) is 0 Å². The monoisotopic (exact) mass is 380 g/mol. The van der Waals surface area contributed by atoms with Crippen molar-refractivity contribution in [1.82, 2.24) is 4.90 Å². The molecule has 2 unspecified atom stereocenters. The van der Waals surface area contributed by atoms with Crippen LogP contribution in [0, 0.1) is 0 Å². The Balaban J connectivity index is 1.54. The third kappa shape index (κ3) is 3.25. The van der Waals surface area contributed by atoms with Gasteiger partial charge >= 0.3 is 0 Å². The predicted octanol–water partition coefficient (Wildman–Crippen LogP) is 4.17. The summed E-state index contributed by atoms with van der Waals surface area (Å²) in [5.74, 6) is 0.599. The van der Waals surface area contributed by atoms with Crippen LogP contribution in [-0.2, 0) is 20.9 Å². The van der Waals surface area contributed by atoms with Gasteiger partial charge in [0.05, 0.1) is 0 Å². The van der Waals surface area contributed by atoms with Crippen LogP contribution in [0.15, 0.2) is 54.6 Å². The first-order valence-corrected chi connectivity index (χ1v) is 10.5. The Kier molecular flexibility index (Phi) is 4.96. The van der Waals surface area contributed by atoms with Crippen LogP contribution in [0.25, 0.3) is 0 Å². The molecule has 2 aliphatic rings. The van der Waals surface area contributed by atoms with Crippen LogP contribution in [0.3, 0.4) is 0 Å². The second kappa shape index (κ2) is 7.39. The first-order chi connectivity index (χ1) is 13.1. The van der Waals surface area contributed by atoms with Crippen molar-refractivity contribution in [3.8, 4) is 0 Å². The molecule has 2 fully saturated rings. The number of carbonyl (C=O) groups excluding carboxylic acids is 2. The molecule has 0 bridgehead atoms. The lowest BCUT2D eigenvalue weighted by Gasteiger charge is -2.34. The number of benzene rings is 2. The van der Waals surface area contributed by atoms with Gasteiger partial charge in [-0.2, -0.15) is 0 Å². The number of hydrogen-bond acceptors (Lipinski definition) is 3. The van der Waals surface area contributed by atoms with Crippen molar-refractivity contribution in [3.63, 3.8) is 0 Å². The van der Waals surface area contributed by atoms with Gasteiger partial charge in [0.2, 0.25) is 11.8 Å². The summed E-state index contributed by atoms with van der Waals surface area (Å²) in [7, 11) is 0. The van der Waals surface area contributed by atoms with E-state index in [4.69, 9.17) is 0 Å². The molecule has 1 N–H and O–H groups in total. The van der Waals surface area contributed by atoms with Gasteiger partial charge in [0, 0.05) is 17.9 Å². The molecular formula is C22H24N2O2S. The number of anilines is 1. The van der Waals surface area contributed by atoms with Crippen molar-refractivity contribution in [3.05, 3.63) is 65.7 Å². The molecule has 0 spiro atoms. The van der Waals surface area contributed by atoms with Gasteiger partial charge in [0.1, 0.15) is 10.9 Å². The summed E-state index contributed by atoms with van der Waals surface area (Å²) in [5.41, 5.74) is 3.17. The second-order valence-electron chi connectivity index (χ2n) is 7.18. The first kappa shape index (κ1) is 18.1. The average Bonchev–Trinajstić information content (AvgIpc) is 3.24. The highest BCUT2D eigenvalue weighted by Crippen LogP contribution is 2.54. The smallest absolute Gasteiger partial charge is 0.248 e. The molecule has 0 aromatic heterocycles. The summed E-state index contributed by atoms with van der Waals surface area (Å²) in [6.45, 7) is 2.15. The largest absolute Gasteiger partial charge is 0.324 e. The van der Waals surface area contributed by atoms with E-state index in [1.54, 1.807) is 11.8 Å². The number of amides is 2. The second-order valence-corrected chi connectivity index (χ2v) is 8.47. The van der Waals surface area contributed by atoms with Gasteiger partial charge < -0.3 is 10.2 Å². The molecule has 2 aliphatic heterocycles. The average molecular weight is 381 g/mol. The lowest BCUT2D eigenvalue weighted by molar-refractivity contribution is -0.136. The maximum absolute atomic E-state index is 13.0. The maximum atomic E-state index is 13.0. The minimum Gasteiger partial charge on any atom is -0.324 e. The molecule has 0 aliphatic carbocycles. The van der Waals surface area contributed by atoms with Gasteiger partial charge in [-0.15, -0.1) is 11.8 Å². The van der Waals surface area contributed by atoms with E-state index < -0.39 is 10.9 Å². The highest BCUT2D eigenvalue weighted by molar-refractivity contribution is 8.00. The van der Waals surface area contributed by atoms with Crippen molar-refractivity contribution < 1.29 is 9.59 Å². The van der Waals surface area contributed by atoms with Gasteiger partial charge in [-0.1, -0.05) is 55.8 Å². The number of nitrogens with one attached hydrogen (secondary N) is 1. The topological polar surface area (TPSA) is 49.4 Å². The van der Waals surface area contributed by atoms with Gasteiger partial charge in [0.15, 0.2) is 0 Å². The Bertz CT molecular complexity index is 837. The molecule has 0 radical (unpaired) electrons. The van der Waals surface area contributed by atoms with E-state index in [0.29, 0.717) is 12.2 Å². The van der Waals surface area contributed by atoms with Crippen LogP contribution in [0.1, 0.15) is 37.3 Å². The van der Waals surface area contributed by atoms with Gasteiger partial charge in [0.25, 0.3) is 0 Å². The molecule has 2 amide bonds. The third-order valence-corrected chi connectivity index (χ3v) is 7.01. The summed E-state index contributed by atoms with van der Waals surface area (Å²) < 4.78 is 0. The molecule has 5 heteroatoms. The molecule has 4 rings (SSSR count). The zero-order chi connectivity index (χ0) is 18.9. The van der Waals surface area contributed by atoms with Crippen molar-refractivity contribution in [2.75, 3.05) is 11.1 Å². The molecule has 2 saturated heterocycles. The normalized spacial score (nSPS) is 24.1. The molecule has 2 aromatic rings. The molecule has 27 heavy (non-hydrogen) atoms. The SMILES string of the molecule is CCCc1ccc(NC(=O)C2CSC3(c4ccccc4)CCC(=O)N23)cc1. The van der Waals surface area contributed by atoms with E-state index >= 15 is 0 Å². The lowest BCUT2D eigenvalue weighted by atomic mass is 10.0. The number of fused-ring (bicyclic) bond motifs is 1. The summed E-state index contributed by atoms with van der Waals surface area (Å²) in [4.78, 5) is 27.0. The highest BCUT2D eigenvalue weighted by atomic mass is 32.2. The van der Waals surface area contributed by atoms with Crippen LogP contribution >= 0.6 is 11.8 Å². The number of aryl methyl sites for hydroxylation is 1. The Morgan fingerprint density at radius 3 is 2.63 bits per heavy atom. The van der Waals surface area contributed by atoms with Crippen molar-refractivity contribution in [1.29, 1.82) is 0 Å². The number of thioether (sulfide) groups is 1. The summed E-state index contributed by atoms with van der Waals surface area (Å²) in [6, 6.07) is 17.7. The van der Waals surface area contributed by atoms with E-state index in [-0.39, 0.29) is 11.8 Å². The minimum atomic E-state index is -0.430. The fourth-order valence-corrected chi connectivity index (χ4v) is 5.76. The first-order valence-electron chi connectivity index (χ1n) is 9.55. The number of nitrogens with zero attached hydrogens (tertiary/aromatic N) is 1. The van der Waals surface area contributed by atoms with E-state index in [9.17, 15) is 9.59 Å².